The molecule has 1 aromatic carbocycles. The molecule has 1 aromatic heterocycles. The number of anilines is 3. The smallest absolute Gasteiger partial charge is 0.258 e. The van der Waals surface area contributed by atoms with E-state index in [4.69, 9.17) is 0 Å². The molecule has 1 saturated heterocycles. The predicted molar refractivity (Wildman–Crippen MR) is 107 cm³/mol. The van der Waals surface area contributed by atoms with Crippen molar-refractivity contribution >= 4 is 29.3 Å². The first-order valence-corrected chi connectivity index (χ1v) is 9.69. The number of nitrogens with one attached hydrogen (secondary N) is 3. The SMILES string of the molecule is CC1CCCCN1c1nc2c(c(=O)[nH]1)C(C(=O)Nc1cccc(F)c1)CC(=O)N2. The van der Waals surface area contributed by atoms with Crippen LogP contribution in [0.4, 0.5) is 21.8 Å². The molecule has 2 aliphatic rings. The van der Waals surface area contributed by atoms with Crippen molar-refractivity contribution in [2.75, 3.05) is 22.1 Å². The van der Waals surface area contributed by atoms with Gasteiger partial charge in [-0.15, -0.1) is 0 Å². The summed E-state index contributed by atoms with van der Waals surface area (Å²) in [6.45, 7) is 2.83. The third-order valence-electron chi connectivity index (χ3n) is 5.42. The molecule has 4 rings (SSSR count). The molecule has 8 nitrogen and oxygen atoms in total. The molecule has 2 atom stereocenters. The number of nitrogens with zero attached hydrogens (tertiary/aromatic N) is 2. The van der Waals surface area contributed by atoms with Crippen LogP contribution in [-0.2, 0) is 9.59 Å². The molecule has 2 aromatic rings. The number of fused-ring (bicyclic) bond motifs is 1. The van der Waals surface area contributed by atoms with Crippen molar-refractivity contribution < 1.29 is 14.0 Å². The molecule has 0 aliphatic carbocycles. The molecular formula is C20H22FN5O3. The first kappa shape index (κ1) is 19.1. The Hall–Kier alpha value is -3.23. The van der Waals surface area contributed by atoms with Crippen molar-refractivity contribution in [2.45, 2.75) is 44.6 Å². The van der Waals surface area contributed by atoms with E-state index in [9.17, 15) is 18.8 Å². The minimum Gasteiger partial charge on any atom is -0.340 e. The zero-order valence-corrected chi connectivity index (χ0v) is 16.0. The molecule has 152 valence electrons. The Bertz CT molecular complexity index is 1020. The summed E-state index contributed by atoms with van der Waals surface area (Å²) in [5.74, 6) is -1.95. The number of aromatic amines is 1. The molecular weight excluding hydrogens is 377 g/mol. The number of piperidine rings is 1. The number of rotatable bonds is 3. The highest BCUT2D eigenvalue weighted by atomic mass is 19.1. The summed E-state index contributed by atoms with van der Waals surface area (Å²) in [5, 5.41) is 5.19. The van der Waals surface area contributed by atoms with E-state index in [2.05, 4.69) is 27.5 Å². The molecule has 0 radical (unpaired) electrons. The summed E-state index contributed by atoms with van der Waals surface area (Å²) in [6.07, 6.45) is 2.92. The van der Waals surface area contributed by atoms with Crippen LogP contribution in [0.15, 0.2) is 29.1 Å². The fraction of sp³-hybridized carbons (Fsp3) is 0.400. The molecule has 3 N–H and O–H groups in total. The molecule has 29 heavy (non-hydrogen) atoms. The minimum atomic E-state index is -1.01. The van der Waals surface area contributed by atoms with Crippen LogP contribution in [0.2, 0.25) is 0 Å². The number of hydrogen-bond donors (Lipinski definition) is 3. The van der Waals surface area contributed by atoms with E-state index in [0.717, 1.165) is 25.8 Å². The molecule has 0 bridgehead atoms. The number of H-pyrrole nitrogens is 1. The van der Waals surface area contributed by atoms with Crippen LogP contribution < -0.4 is 21.1 Å². The van der Waals surface area contributed by atoms with Crippen LogP contribution in [0.1, 0.15) is 44.1 Å². The number of amides is 2. The number of benzene rings is 1. The van der Waals surface area contributed by atoms with Crippen molar-refractivity contribution in [3.05, 3.63) is 46.0 Å². The third kappa shape index (κ3) is 3.85. The normalized spacial score (nSPS) is 21.3. The van der Waals surface area contributed by atoms with Gasteiger partial charge in [-0.2, -0.15) is 4.98 Å². The van der Waals surface area contributed by atoms with Gasteiger partial charge in [0, 0.05) is 24.7 Å². The standard InChI is InChI=1S/C20H22FN5O3/c1-11-5-2-3-8-26(11)20-24-17-16(19(29)25-20)14(10-15(27)23-17)18(28)22-13-7-4-6-12(21)9-13/h4,6-7,9,11,14H,2-3,5,8,10H2,1H3,(H,22,28)(H2,23,24,25,27,29). The van der Waals surface area contributed by atoms with Crippen molar-refractivity contribution in [3.63, 3.8) is 0 Å². The lowest BCUT2D eigenvalue weighted by Crippen LogP contribution is -2.42. The highest BCUT2D eigenvalue weighted by Crippen LogP contribution is 2.31. The second-order valence-corrected chi connectivity index (χ2v) is 7.49. The molecule has 2 amide bonds. The summed E-state index contributed by atoms with van der Waals surface area (Å²) in [5.41, 5.74) is -0.0836. The number of halogens is 1. The zero-order chi connectivity index (χ0) is 20.5. The van der Waals surface area contributed by atoms with Gasteiger partial charge in [-0.25, -0.2) is 4.39 Å². The van der Waals surface area contributed by atoms with Gasteiger partial charge in [0.2, 0.25) is 17.8 Å². The average Bonchev–Trinajstić information content (AvgIpc) is 2.67. The Morgan fingerprint density at radius 3 is 2.90 bits per heavy atom. The fourth-order valence-electron chi connectivity index (χ4n) is 3.93. The number of carbonyl (C=O) groups excluding carboxylic acids is 2. The monoisotopic (exact) mass is 399 g/mol. The first-order chi connectivity index (χ1) is 13.9. The zero-order valence-electron chi connectivity index (χ0n) is 16.0. The van der Waals surface area contributed by atoms with Crippen LogP contribution in [0, 0.1) is 5.82 Å². The van der Waals surface area contributed by atoms with Crippen molar-refractivity contribution in [3.8, 4) is 0 Å². The molecule has 2 unspecified atom stereocenters. The lowest BCUT2D eigenvalue weighted by Gasteiger charge is -2.34. The van der Waals surface area contributed by atoms with Gasteiger partial charge in [0.1, 0.15) is 11.6 Å². The van der Waals surface area contributed by atoms with Gasteiger partial charge in [0.15, 0.2) is 0 Å². The number of hydrogen-bond acceptors (Lipinski definition) is 5. The van der Waals surface area contributed by atoms with Crippen molar-refractivity contribution in [1.82, 2.24) is 9.97 Å². The quantitative estimate of drug-likeness (QED) is 0.734. The van der Waals surface area contributed by atoms with E-state index in [1.807, 2.05) is 4.90 Å². The highest BCUT2D eigenvalue weighted by molar-refractivity contribution is 6.04. The van der Waals surface area contributed by atoms with E-state index < -0.39 is 29.1 Å². The number of carbonyl (C=O) groups is 2. The van der Waals surface area contributed by atoms with Gasteiger partial charge in [-0.1, -0.05) is 6.07 Å². The summed E-state index contributed by atoms with van der Waals surface area (Å²) < 4.78 is 13.4. The van der Waals surface area contributed by atoms with Gasteiger partial charge < -0.3 is 15.5 Å². The lowest BCUT2D eigenvalue weighted by molar-refractivity contribution is -0.123. The van der Waals surface area contributed by atoms with Crippen LogP contribution in [-0.4, -0.2) is 34.4 Å². The molecule has 3 heterocycles. The second kappa shape index (κ2) is 7.65. The van der Waals surface area contributed by atoms with Gasteiger partial charge in [0.25, 0.3) is 5.56 Å². The summed E-state index contributed by atoms with van der Waals surface area (Å²) >= 11 is 0. The van der Waals surface area contributed by atoms with Crippen molar-refractivity contribution in [2.24, 2.45) is 0 Å². The molecule has 1 fully saturated rings. The van der Waals surface area contributed by atoms with E-state index in [0.29, 0.717) is 5.95 Å². The third-order valence-corrected chi connectivity index (χ3v) is 5.42. The molecule has 9 heteroatoms. The maximum atomic E-state index is 13.4. The Labute approximate surface area is 166 Å². The molecule has 0 saturated carbocycles. The highest BCUT2D eigenvalue weighted by Gasteiger charge is 2.35. The summed E-state index contributed by atoms with van der Waals surface area (Å²) in [6, 6.07) is 5.65. The summed E-state index contributed by atoms with van der Waals surface area (Å²) in [7, 11) is 0. The van der Waals surface area contributed by atoms with Crippen LogP contribution >= 0.6 is 0 Å². The van der Waals surface area contributed by atoms with Crippen LogP contribution in [0.25, 0.3) is 0 Å². The molecule has 2 aliphatic heterocycles. The summed E-state index contributed by atoms with van der Waals surface area (Å²) in [4.78, 5) is 47.1. The minimum absolute atomic E-state index is 0.108. The van der Waals surface area contributed by atoms with Crippen molar-refractivity contribution in [1.29, 1.82) is 0 Å². The lowest BCUT2D eigenvalue weighted by atomic mass is 9.92. The Morgan fingerprint density at radius 1 is 1.31 bits per heavy atom. The Morgan fingerprint density at radius 2 is 2.14 bits per heavy atom. The van der Waals surface area contributed by atoms with E-state index >= 15 is 0 Å². The van der Waals surface area contributed by atoms with E-state index in [1.165, 1.54) is 24.3 Å². The first-order valence-electron chi connectivity index (χ1n) is 9.69. The van der Waals surface area contributed by atoms with Gasteiger partial charge in [0.05, 0.1) is 11.5 Å². The topological polar surface area (TPSA) is 107 Å². The van der Waals surface area contributed by atoms with Crippen LogP contribution in [0.5, 0.6) is 0 Å². The molecule has 0 spiro atoms. The van der Waals surface area contributed by atoms with Crippen LogP contribution in [0.3, 0.4) is 0 Å². The maximum Gasteiger partial charge on any atom is 0.258 e. The van der Waals surface area contributed by atoms with E-state index in [-0.39, 0.29) is 29.5 Å². The van der Waals surface area contributed by atoms with Gasteiger partial charge in [-0.3, -0.25) is 19.4 Å². The van der Waals surface area contributed by atoms with Gasteiger partial charge >= 0.3 is 0 Å². The van der Waals surface area contributed by atoms with Gasteiger partial charge in [-0.05, 0) is 44.4 Å². The Balaban J connectivity index is 1.66. The number of aromatic nitrogens is 2. The largest absolute Gasteiger partial charge is 0.340 e. The average molecular weight is 399 g/mol. The maximum absolute atomic E-state index is 13.4. The Kier molecular flexibility index (Phi) is 5.04. The van der Waals surface area contributed by atoms with E-state index in [1.54, 1.807) is 0 Å². The fourth-order valence-corrected chi connectivity index (χ4v) is 3.93. The second-order valence-electron chi connectivity index (χ2n) is 7.49. The predicted octanol–water partition coefficient (Wildman–Crippen LogP) is 2.35.